The number of benzene rings is 1. The van der Waals surface area contributed by atoms with E-state index in [1.54, 1.807) is 6.92 Å². The van der Waals surface area contributed by atoms with Crippen LogP contribution in [0.15, 0.2) is 36.5 Å². The van der Waals surface area contributed by atoms with E-state index in [1.807, 2.05) is 24.3 Å². The first-order valence-electron chi connectivity index (χ1n) is 5.94. The summed E-state index contributed by atoms with van der Waals surface area (Å²) in [6, 6.07) is 7.68. The van der Waals surface area contributed by atoms with Crippen molar-refractivity contribution in [1.82, 2.24) is 5.32 Å². The highest BCUT2D eigenvalue weighted by atomic mass is 16.2. The lowest BCUT2D eigenvalue weighted by atomic mass is 10.1. The SMILES string of the molecule is C=C(C)NC(=O)Nc1ccc(CCCC)cc1. The summed E-state index contributed by atoms with van der Waals surface area (Å²) in [5, 5.41) is 5.34. The Balaban J connectivity index is 2.50. The smallest absolute Gasteiger partial charge is 0.312 e. The second-order valence-corrected chi connectivity index (χ2v) is 4.16. The molecule has 3 heteroatoms. The molecule has 1 aromatic rings. The molecule has 0 aromatic heterocycles. The highest BCUT2D eigenvalue weighted by Gasteiger charge is 2.00. The van der Waals surface area contributed by atoms with E-state index >= 15 is 0 Å². The van der Waals surface area contributed by atoms with E-state index in [4.69, 9.17) is 0 Å². The number of nitrogens with one attached hydrogen (secondary N) is 2. The number of carbonyl (C=O) groups excluding carboxylic acids is 1. The molecule has 0 fully saturated rings. The van der Waals surface area contributed by atoms with Crippen molar-refractivity contribution in [3.63, 3.8) is 0 Å². The lowest BCUT2D eigenvalue weighted by Gasteiger charge is -2.07. The van der Waals surface area contributed by atoms with Gasteiger partial charge in [-0.3, -0.25) is 0 Å². The van der Waals surface area contributed by atoms with Crippen LogP contribution in [0.2, 0.25) is 0 Å². The Kier molecular flexibility index (Phi) is 5.27. The van der Waals surface area contributed by atoms with Gasteiger partial charge in [0.2, 0.25) is 0 Å². The summed E-state index contributed by atoms with van der Waals surface area (Å²) in [7, 11) is 0. The number of unbranched alkanes of at least 4 members (excludes halogenated alkanes) is 1. The van der Waals surface area contributed by atoms with Crippen molar-refractivity contribution in [1.29, 1.82) is 0 Å². The summed E-state index contributed by atoms with van der Waals surface area (Å²) in [6.07, 6.45) is 3.48. The summed E-state index contributed by atoms with van der Waals surface area (Å²) >= 11 is 0. The van der Waals surface area contributed by atoms with E-state index in [0.29, 0.717) is 5.70 Å². The predicted octanol–water partition coefficient (Wildman–Crippen LogP) is 3.68. The predicted molar refractivity (Wildman–Crippen MR) is 72.0 cm³/mol. The van der Waals surface area contributed by atoms with Crippen LogP contribution in [0.4, 0.5) is 10.5 Å². The van der Waals surface area contributed by atoms with Gasteiger partial charge in [0.1, 0.15) is 0 Å². The van der Waals surface area contributed by atoms with Crippen LogP contribution in [0, 0.1) is 0 Å². The summed E-state index contributed by atoms with van der Waals surface area (Å²) in [5.74, 6) is 0. The van der Waals surface area contributed by atoms with Gasteiger partial charge in [-0.1, -0.05) is 32.1 Å². The maximum atomic E-state index is 11.4. The quantitative estimate of drug-likeness (QED) is 0.798. The highest BCUT2D eigenvalue weighted by Crippen LogP contribution is 2.11. The number of aryl methyl sites for hydroxylation is 1. The molecule has 0 spiro atoms. The fourth-order valence-electron chi connectivity index (χ4n) is 1.49. The van der Waals surface area contributed by atoms with E-state index in [9.17, 15) is 4.79 Å². The molecular weight excluding hydrogens is 212 g/mol. The Morgan fingerprint density at radius 1 is 1.29 bits per heavy atom. The zero-order chi connectivity index (χ0) is 12.7. The molecule has 0 atom stereocenters. The van der Waals surface area contributed by atoms with Gasteiger partial charge in [-0.25, -0.2) is 4.79 Å². The van der Waals surface area contributed by atoms with Crippen LogP contribution in [0.3, 0.4) is 0 Å². The molecule has 0 aliphatic rings. The molecule has 0 saturated heterocycles. The van der Waals surface area contributed by atoms with Crippen molar-refractivity contribution in [2.45, 2.75) is 33.1 Å². The van der Waals surface area contributed by atoms with E-state index in [0.717, 1.165) is 12.1 Å². The average molecular weight is 232 g/mol. The zero-order valence-electron chi connectivity index (χ0n) is 10.5. The van der Waals surface area contributed by atoms with E-state index in [-0.39, 0.29) is 6.03 Å². The van der Waals surface area contributed by atoms with Crippen molar-refractivity contribution >= 4 is 11.7 Å². The van der Waals surface area contributed by atoms with Crippen molar-refractivity contribution in [3.8, 4) is 0 Å². The topological polar surface area (TPSA) is 41.1 Å². The molecule has 2 amide bonds. The van der Waals surface area contributed by atoms with Crippen LogP contribution in [0.5, 0.6) is 0 Å². The molecule has 0 saturated carbocycles. The average Bonchev–Trinajstić information content (AvgIpc) is 2.27. The highest BCUT2D eigenvalue weighted by molar-refractivity contribution is 5.90. The van der Waals surface area contributed by atoms with Crippen molar-refractivity contribution < 1.29 is 4.79 Å². The van der Waals surface area contributed by atoms with Crippen molar-refractivity contribution in [2.75, 3.05) is 5.32 Å². The third-order valence-corrected chi connectivity index (χ3v) is 2.36. The van der Waals surface area contributed by atoms with E-state index < -0.39 is 0 Å². The Labute approximate surface area is 103 Å². The number of rotatable bonds is 5. The van der Waals surface area contributed by atoms with Crippen LogP contribution < -0.4 is 10.6 Å². The minimum atomic E-state index is -0.251. The Hall–Kier alpha value is -1.77. The second kappa shape index (κ2) is 6.74. The molecule has 0 radical (unpaired) electrons. The van der Waals surface area contributed by atoms with Gasteiger partial charge in [-0.05, 0) is 37.5 Å². The van der Waals surface area contributed by atoms with Gasteiger partial charge in [0.15, 0.2) is 0 Å². The van der Waals surface area contributed by atoms with Gasteiger partial charge in [-0.2, -0.15) is 0 Å². The van der Waals surface area contributed by atoms with Gasteiger partial charge < -0.3 is 10.6 Å². The van der Waals surface area contributed by atoms with Crippen molar-refractivity contribution in [2.24, 2.45) is 0 Å². The van der Waals surface area contributed by atoms with Crippen LogP contribution >= 0.6 is 0 Å². The minimum Gasteiger partial charge on any atom is -0.312 e. The molecule has 17 heavy (non-hydrogen) atoms. The Morgan fingerprint density at radius 2 is 1.94 bits per heavy atom. The molecule has 3 nitrogen and oxygen atoms in total. The molecule has 0 heterocycles. The summed E-state index contributed by atoms with van der Waals surface area (Å²) in [6.45, 7) is 7.53. The first-order valence-corrected chi connectivity index (χ1v) is 5.94. The van der Waals surface area contributed by atoms with Gasteiger partial charge >= 0.3 is 6.03 Å². The maximum absolute atomic E-state index is 11.4. The second-order valence-electron chi connectivity index (χ2n) is 4.16. The molecule has 1 aromatic carbocycles. The Morgan fingerprint density at radius 3 is 2.47 bits per heavy atom. The first-order chi connectivity index (χ1) is 8.11. The fraction of sp³-hybridized carbons (Fsp3) is 0.357. The molecule has 0 bridgehead atoms. The van der Waals surface area contributed by atoms with Gasteiger partial charge in [0.25, 0.3) is 0 Å². The number of amides is 2. The van der Waals surface area contributed by atoms with E-state index in [2.05, 4.69) is 24.1 Å². The lowest BCUT2D eigenvalue weighted by molar-refractivity contribution is 0.254. The number of anilines is 1. The van der Waals surface area contributed by atoms with Gasteiger partial charge in [0.05, 0.1) is 0 Å². The van der Waals surface area contributed by atoms with Crippen molar-refractivity contribution in [3.05, 3.63) is 42.1 Å². The summed E-state index contributed by atoms with van der Waals surface area (Å²) < 4.78 is 0. The van der Waals surface area contributed by atoms with Gasteiger partial charge in [-0.15, -0.1) is 0 Å². The third kappa shape index (κ3) is 5.20. The normalized spacial score (nSPS) is 9.76. The number of allylic oxidation sites excluding steroid dienone is 1. The molecule has 2 N–H and O–H groups in total. The summed E-state index contributed by atoms with van der Waals surface area (Å²) in [4.78, 5) is 11.4. The number of hydrogen-bond donors (Lipinski definition) is 2. The summed E-state index contributed by atoms with van der Waals surface area (Å²) in [5.41, 5.74) is 2.73. The molecule has 0 aliphatic carbocycles. The fourth-order valence-corrected chi connectivity index (χ4v) is 1.49. The standard InChI is InChI=1S/C14H20N2O/c1-4-5-6-12-7-9-13(10-8-12)16-14(17)15-11(2)3/h7-10H,2,4-6H2,1,3H3,(H2,15,16,17). The molecule has 1 rings (SSSR count). The number of carbonyl (C=O) groups is 1. The minimum absolute atomic E-state index is 0.251. The number of hydrogen-bond acceptors (Lipinski definition) is 1. The number of urea groups is 1. The van der Waals surface area contributed by atoms with Crippen LogP contribution in [-0.2, 0) is 6.42 Å². The third-order valence-electron chi connectivity index (χ3n) is 2.36. The molecule has 0 aliphatic heterocycles. The maximum Gasteiger partial charge on any atom is 0.323 e. The Bertz CT molecular complexity index is 382. The van der Waals surface area contributed by atoms with Crippen LogP contribution in [0.1, 0.15) is 32.3 Å². The van der Waals surface area contributed by atoms with Crippen LogP contribution in [0.25, 0.3) is 0 Å². The molecule has 92 valence electrons. The molecular formula is C14H20N2O. The largest absolute Gasteiger partial charge is 0.323 e. The first kappa shape index (κ1) is 13.3. The zero-order valence-corrected chi connectivity index (χ0v) is 10.5. The van der Waals surface area contributed by atoms with Crippen LogP contribution in [-0.4, -0.2) is 6.03 Å². The lowest BCUT2D eigenvalue weighted by Crippen LogP contribution is -2.26. The van der Waals surface area contributed by atoms with E-state index in [1.165, 1.54) is 18.4 Å². The van der Waals surface area contributed by atoms with Gasteiger partial charge in [0, 0.05) is 11.4 Å². The monoisotopic (exact) mass is 232 g/mol. The molecule has 0 unspecified atom stereocenters.